The first-order chi connectivity index (χ1) is 13.8. The molecule has 7 nitrogen and oxygen atoms in total. The molecule has 152 valence electrons. The van der Waals surface area contributed by atoms with Crippen LogP contribution in [0.15, 0.2) is 54.8 Å². The molecule has 0 amide bonds. The van der Waals surface area contributed by atoms with Gasteiger partial charge in [0.25, 0.3) is 0 Å². The van der Waals surface area contributed by atoms with Crippen molar-refractivity contribution < 1.29 is 23.8 Å². The fraction of sp³-hybridized carbons (Fsp3) is 0.273. The maximum atomic E-state index is 12.3. The minimum atomic E-state index is -0.643. The average molecular weight is 398 g/mol. The lowest BCUT2D eigenvalue weighted by Crippen LogP contribution is -2.18. The Morgan fingerprint density at radius 3 is 1.86 bits per heavy atom. The quantitative estimate of drug-likeness (QED) is 0.656. The third-order valence-electron chi connectivity index (χ3n) is 4.76. The highest BCUT2D eigenvalue weighted by molar-refractivity contribution is 5.38. The molecule has 0 spiro atoms. The van der Waals surface area contributed by atoms with Crippen LogP contribution in [0.5, 0.6) is 17.2 Å². The maximum Gasteiger partial charge on any atom is 0.342 e. The number of aryl methyl sites for hydroxylation is 2. The van der Waals surface area contributed by atoms with Gasteiger partial charge in [-0.2, -0.15) is 0 Å². The van der Waals surface area contributed by atoms with Crippen LogP contribution in [-0.4, -0.2) is 17.3 Å². The van der Waals surface area contributed by atoms with E-state index in [0.29, 0.717) is 17.3 Å². The van der Waals surface area contributed by atoms with E-state index >= 15 is 0 Å². The molecule has 0 radical (unpaired) electrons. The van der Waals surface area contributed by atoms with Gasteiger partial charge in [0.2, 0.25) is 0 Å². The minimum Gasteiger partial charge on any atom is -0.507 e. The third kappa shape index (κ3) is 4.51. The average Bonchev–Trinajstić information content (AvgIpc) is 2.65. The number of ether oxygens (including phenoxy) is 1. The number of methoxy groups -OCH3 is 1. The highest BCUT2D eigenvalue weighted by atomic mass is 16.5. The fourth-order valence-electron chi connectivity index (χ4n) is 3.31. The Balaban J connectivity index is 2.08. The molecule has 0 bridgehead atoms. The van der Waals surface area contributed by atoms with Crippen LogP contribution in [0.2, 0.25) is 0 Å². The number of aromatic hydroxyl groups is 2. The Labute approximate surface area is 166 Å². The largest absolute Gasteiger partial charge is 0.507 e. The highest BCUT2D eigenvalue weighted by Crippen LogP contribution is 2.31. The summed E-state index contributed by atoms with van der Waals surface area (Å²) in [5, 5.41) is 20.5. The Kier molecular flexibility index (Phi) is 5.77. The third-order valence-corrected chi connectivity index (χ3v) is 4.76. The smallest absolute Gasteiger partial charge is 0.342 e. The first kappa shape index (κ1) is 20.3. The summed E-state index contributed by atoms with van der Waals surface area (Å²) in [5.41, 5.74) is -0.326. The lowest BCUT2D eigenvalue weighted by Gasteiger charge is -2.18. The molecule has 0 aliphatic rings. The zero-order valence-electron chi connectivity index (χ0n) is 16.4. The number of rotatable bonds is 6. The molecular formula is C22H22O7. The summed E-state index contributed by atoms with van der Waals surface area (Å²) in [4.78, 5) is 24.6. The van der Waals surface area contributed by atoms with Crippen LogP contribution in [-0.2, 0) is 12.8 Å². The summed E-state index contributed by atoms with van der Waals surface area (Å²) in [5.74, 6) is 0.418. The summed E-state index contributed by atoms with van der Waals surface area (Å²) >= 11 is 0. The van der Waals surface area contributed by atoms with Crippen LogP contribution < -0.4 is 16.0 Å². The van der Waals surface area contributed by atoms with Crippen molar-refractivity contribution in [3.63, 3.8) is 0 Å². The summed E-state index contributed by atoms with van der Waals surface area (Å²) in [6, 6.07) is 9.91. The van der Waals surface area contributed by atoms with Gasteiger partial charge in [-0.05, 0) is 50.3 Å². The van der Waals surface area contributed by atoms with Crippen LogP contribution in [0.3, 0.4) is 0 Å². The second-order valence-corrected chi connectivity index (χ2v) is 6.90. The van der Waals surface area contributed by atoms with Crippen molar-refractivity contribution in [3.05, 3.63) is 85.4 Å². The molecule has 3 aromatic rings. The van der Waals surface area contributed by atoms with E-state index in [4.69, 9.17) is 13.6 Å². The Bertz CT molecular complexity index is 1070. The maximum absolute atomic E-state index is 12.3. The first-order valence-electron chi connectivity index (χ1n) is 9.07. The zero-order chi connectivity index (χ0) is 21.1. The molecule has 0 fully saturated rings. The topological polar surface area (TPSA) is 110 Å². The van der Waals surface area contributed by atoms with E-state index in [2.05, 4.69) is 0 Å². The van der Waals surface area contributed by atoms with Gasteiger partial charge in [-0.3, -0.25) is 0 Å². The van der Waals surface area contributed by atoms with Crippen molar-refractivity contribution in [2.24, 2.45) is 0 Å². The normalized spacial score (nSPS) is 11.0. The van der Waals surface area contributed by atoms with Crippen molar-refractivity contribution >= 4 is 0 Å². The molecule has 0 aliphatic heterocycles. The van der Waals surface area contributed by atoms with E-state index in [1.165, 1.54) is 19.2 Å². The Hall–Kier alpha value is -3.48. The van der Waals surface area contributed by atoms with Gasteiger partial charge in [0.1, 0.15) is 28.8 Å². The van der Waals surface area contributed by atoms with Crippen molar-refractivity contribution in [3.8, 4) is 17.2 Å². The van der Waals surface area contributed by atoms with Gasteiger partial charge in [-0.15, -0.1) is 0 Å². The number of hydrogen-bond donors (Lipinski definition) is 2. The van der Waals surface area contributed by atoms with Gasteiger partial charge >= 0.3 is 11.3 Å². The molecule has 0 saturated heterocycles. The van der Waals surface area contributed by atoms with Gasteiger partial charge in [-0.25, -0.2) is 9.59 Å². The molecule has 3 rings (SSSR count). The van der Waals surface area contributed by atoms with E-state index in [1.807, 2.05) is 6.07 Å². The van der Waals surface area contributed by atoms with Crippen molar-refractivity contribution in [1.29, 1.82) is 0 Å². The predicted molar refractivity (Wildman–Crippen MR) is 106 cm³/mol. The molecule has 2 N–H and O–H groups in total. The van der Waals surface area contributed by atoms with Crippen LogP contribution in [0, 0.1) is 13.8 Å². The van der Waals surface area contributed by atoms with Gasteiger partial charge in [0.05, 0.1) is 18.2 Å². The molecule has 2 heterocycles. The molecule has 0 unspecified atom stereocenters. The molecule has 1 aromatic carbocycles. The summed E-state index contributed by atoms with van der Waals surface area (Å²) in [7, 11) is 1.54. The standard InChI is InChI=1S/C22H22O7/c1-12-7-19(23)17(21(25)28-12)10-15(14-5-4-6-16(9-14)27-3)11-18-20(24)8-13(2)29-22(18)26/h4-9,15,23-24H,10-11H2,1-3H3. The lowest BCUT2D eigenvalue weighted by atomic mass is 9.87. The number of benzene rings is 1. The Morgan fingerprint density at radius 2 is 1.41 bits per heavy atom. The fourth-order valence-corrected chi connectivity index (χ4v) is 3.31. The zero-order valence-corrected chi connectivity index (χ0v) is 16.4. The predicted octanol–water partition coefficient (Wildman–Crippen LogP) is 3.20. The van der Waals surface area contributed by atoms with Crippen LogP contribution in [0.4, 0.5) is 0 Å². The van der Waals surface area contributed by atoms with Gasteiger partial charge in [-0.1, -0.05) is 12.1 Å². The van der Waals surface area contributed by atoms with E-state index < -0.39 is 17.2 Å². The summed E-state index contributed by atoms with van der Waals surface area (Å²) in [6.45, 7) is 3.14. The van der Waals surface area contributed by atoms with E-state index in [1.54, 1.807) is 32.0 Å². The summed E-state index contributed by atoms with van der Waals surface area (Å²) < 4.78 is 15.5. The Morgan fingerprint density at radius 1 is 0.897 bits per heavy atom. The monoisotopic (exact) mass is 398 g/mol. The molecule has 0 atom stereocenters. The van der Waals surface area contributed by atoms with Crippen LogP contribution >= 0.6 is 0 Å². The molecule has 0 saturated carbocycles. The SMILES string of the molecule is COc1cccc(C(Cc2c(O)cc(C)oc2=O)Cc2c(O)cc(C)oc2=O)c1. The van der Waals surface area contributed by atoms with E-state index in [0.717, 1.165) is 5.56 Å². The number of hydrogen-bond acceptors (Lipinski definition) is 7. The molecule has 7 heteroatoms. The first-order valence-corrected chi connectivity index (χ1v) is 9.07. The molecule has 29 heavy (non-hydrogen) atoms. The van der Waals surface area contributed by atoms with Gasteiger partial charge in [0, 0.05) is 12.1 Å². The molecule has 2 aromatic heterocycles. The molecule has 0 aliphatic carbocycles. The minimum absolute atomic E-state index is 0.0916. The van der Waals surface area contributed by atoms with E-state index in [-0.39, 0.29) is 35.5 Å². The van der Waals surface area contributed by atoms with Crippen molar-refractivity contribution in [1.82, 2.24) is 0 Å². The van der Waals surface area contributed by atoms with Gasteiger partial charge < -0.3 is 23.8 Å². The second kappa shape index (κ2) is 8.26. The van der Waals surface area contributed by atoms with E-state index in [9.17, 15) is 19.8 Å². The second-order valence-electron chi connectivity index (χ2n) is 6.90. The summed E-state index contributed by atoms with van der Waals surface area (Å²) in [6.07, 6.45) is 0.183. The lowest BCUT2D eigenvalue weighted by molar-refractivity contribution is 0.407. The highest BCUT2D eigenvalue weighted by Gasteiger charge is 2.23. The van der Waals surface area contributed by atoms with Crippen LogP contribution in [0.1, 0.15) is 34.1 Å². The van der Waals surface area contributed by atoms with Crippen LogP contribution in [0.25, 0.3) is 0 Å². The van der Waals surface area contributed by atoms with Gasteiger partial charge in [0.15, 0.2) is 0 Å². The van der Waals surface area contributed by atoms with Crippen molar-refractivity contribution in [2.45, 2.75) is 32.6 Å². The molecular weight excluding hydrogens is 376 g/mol. The van der Waals surface area contributed by atoms with Crippen molar-refractivity contribution in [2.75, 3.05) is 7.11 Å².